The molecule has 0 bridgehead atoms. The minimum absolute atomic E-state index is 0.155. The largest absolute Gasteiger partial charge is 0.487 e. The molecule has 124 valence electrons. The van der Waals surface area contributed by atoms with Crippen molar-refractivity contribution in [2.75, 3.05) is 6.61 Å². The number of aromatic nitrogens is 1. The van der Waals surface area contributed by atoms with Crippen LogP contribution >= 0.6 is 22.9 Å². The van der Waals surface area contributed by atoms with E-state index in [0.717, 1.165) is 21.1 Å². The molecule has 2 nitrogen and oxygen atoms in total. The molecule has 1 aromatic heterocycles. The highest BCUT2D eigenvalue weighted by Crippen LogP contribution is 2.29. The molecule has 0 spiro atoms. The Kier molecular flexibility index (Phi) is 5.11. The maximum Gasteiger partial charge on any atom is 0.190 e. The van der Waals surface area contributed by atoms with Crippen LogP contribution in [-0.2, 0) is 6.42 Å². The first-order chi connectivity index (χ1) is 11.5. The van der Waals surface area contributed by atoms with Gasteiger partial charge in [0.25, 0.3) is 0 Å². The molecule has 0 saturated heterocycles. The van der Waals surface area contributed by atoms with Gasteiger partial charge in [-0.15, -0.1) is 11.3 Å². The predicted molar refractivity (Wildman–Crippen MR) is 92.9 cm³/mol. The first-order valence-corrected chi connectivity index (χ1v) is 8.53. The third-order valence-corrected chi connectivity index (χ3v) is 4.80. The van der Waals surface area contributed by atoms with E-state index in [2.05, 4.69) is 4.98 Å². The van der Waals surface area contributed by atoms with Gasteiger partial charge in [-0.25, -0.2) is 13.8 Å². The van der Waals surface area contributed by atoms with Crippen molar-refractivity contribution >= 4 is 22.9 Å². The van der Waals surface area contributed by atoms with Gasteiger partial charge in [-0.3, -0.25) is 0 Å². The Balaban J connectivity index is 1.69. The number of rotatable bonds is 5. The molecule has 2 aromatic carbocycles. The van der Waals surface area contributed by atoms with Gasteiger partial charge in [0.2, 0.25) is 0 Å². The Morgan fingerprint density at radius 3 is 2.42 bits per heavy atom. The lowest BCUT2D eigenvalue weighted by molar-refractivity contribution is 0.287. The molecule has 0 fully saturated rings. The molecule has 0 aliphatic carbocycles. The molecule has 0 aliphatic heterocycles. The summed E-state index contributed by atoms with van der Waals surface area (Å²) in [6, 6.07) is 11.1. The Bertz CT molecular complexity index is 828. The zero-order valence-electron chi connectivity index (χ0n) is 12.9. The summed E-state index contributed by atoms with van der Waals surface area (Å²) in [6.07, 6.45) is 0.476. The molecular formula is C18H14ClF2NOS. The second-order valence-electron chi connectivity index (χ2n) is 5.18. The predicted octanol–water partition coefficient (Wildman–Crippen LogP) is 5.67. The molecule has 3 rings (SSSR count). The highest BCUT2D eigenvalue weighted by atomic mass is 35.5. The van der Waals surface area contributed by atoms with Gasteiger partial charge in [-0.1, -0.05) is 29.8 Å². The number of hydrogen-bond donors (Lipinski definition) is 0. The van der Waals surface area contributed by atoms with Crippen molar-refractivity contribution in [3.63, 3.8) is 0 Å². The SMILES string of the molecule is Cc1sc(-c2ccc(Cl)cc2)nc1CCOc1c(F)cccc1F. The van der Waals surface area contributed by atoms with Crippen LogP contribution in [0, 0.1) is 18.6 Å². The molecule has 0 radical (unpaired) electrons. The lowest BCUT2D eigenvalue weighted by Crippen LogP contribution is -2.05. The average Bonchev–Trinajstić information content (AvgIpc) is 2.92. The molecule has 3 aromatic rings. The zero-order valence-corrected chi connectivity index (χ0v) is 14.4. The monoisotopic (exact) mass is 365 g/mol. The highest BCUT2D eigenvalue weighted by molar-refractivity contribution is 7.15. The van der Waals surface area contributed by atoms with E-state index in [1.165, 1.54) is 18.2 Å². The van der Waals surface area contributed by atoms with Crippen molar-refractivity contribution in [2.24, 2.45) is 0 Å². The zero-order chi connectivity index (χ0) is 17.1. The Labute approximate surface area is 147 Å². The van der Waals surface area contributed by atoms with Gasteiger partial charge < -0.3 is 4.74 Å². The van der Waals surface area contributed by atoms with E-state index in [1.807, 2.05) is 31.2 Å². The van der Waals surface area contributed by atoms with Crippen molar-refractivity contribution < 1.29 is 13.5 Å². The van der Waals surface area contributed by atoms with Crippen LogP contribution in [0.4, 0.5) is 8.78 Å². The lowest BCUT2D eigenvalue weighted by Gasteiger charge is -2.07. The number of para-hydroxylation sites is 1. The molecule has 0 atom stereocenters. The summed E-state index contributed by atoms with van der Waals surface area (Å²) in [6.45, 7) is 2.12. The quantitative estimate of drug-likeness (QED) is 0.581. The fourth-order valence-electron chi connectivity index (χ4n) is 2.25. The number of ether oxygens (including phenoxy) is 1. The minimum atomic E-state index is -0.702. The standard InChI is InChI=1S/C18H14ClF2NOS/c1-11-16(9-10-23-17-14(20)3-2-4-15(17)21)22-18(24-11)12-5-7-13(19)8-6-12/h2-8H,9-10H2,1H3. The van der Waals surface area contributed by atoms with Crippen LogP contribution < -0.4 is 4.74 Å². The molecule has 0 amide bonds. The normalized spacial score (nSPS) is 10.8. The summed E-state index contributed by atoms with van der Waals surface area (Å²) in [5.74, 6) is -1.75. The van der Waals surface area contributed by atoms with Crippen LogP contribution in [-0.4, -0.2) is 11.6 Å². The van der Waals surface area contributed by atoms with Crippen LogP contribution in [0.5, 0.6) is 5.75 Å². The fourth-order valence-corrected chi connectivity index (χ4v) is 3.34. The summed E-state index contributed by atoms with van der Waals surface area (Å²) in [5.41, 5.74) is 1.85. The van der Waals surface area contributed by atoms with Crippen molar-refractivity contribution in [2.45, 2.75) is 13.3 Å². The van der Waals surface area contributed by atoms with E-state index in [-0.39, 0.29) is 12.4 Å². The van der Waals surface area contributed by atoms with Crippen molar-refractivity contribution in [1.29, 1.82) is 0 Å². The van der Waals surface area contributed by atoms with Gasteiger partial charge in [0.1, 0.15) is 5.01 Å². The third-order valence-electron chi connectivity index (χ3n) is 3.49. The third kappa shape index (κ3) is 3.74. The van der Waals surface area contributed by atoms with Crippen LogP contribution in [0.15, 0.2) is 42.5 Å². The number of hydrogen-bond acceptors (Lipinski definition) is 3. The number of benzene rings is 2. The Morgan fingerprint density at radius 2 is 1.75 bits per heavy atom. The van der Waals surface area contributed by atoms with E-state index in [4.69, 9.17) is 16.3 Å². The van der Waals surface area contributed by atoms with Gasteiger partial charge in [0.05, 0.1) is 12.3 Å². The Morgan fingerprint density at radius 1 is 1.08 bits per heavy atom. The van der Waals surface area contributed by atoms with Gasteiger partial charge in [-0.2, -0.15) is 0 Å². The summed E-state index contributed by atoms with van der Waals surface area (Å²) in [5, 5.41) is 1.56. The topological polar surface area (TPSA) is 22.1 Å². The number of halogens is 3. The molecule has 1 heterocycles. The Hall–Kier alpha value is -1.98. The van der Waals surface area contributed by atoms with Crippen LogP contribution in [0.3, 0.4) is 0 Å². The van der Waals surface area contributed by atoms with Crippen molar-refractivity contribution in [1.82, 2.24) is 4.98 Å². The number of thiazole rings is 1. The molecule has 24 heavy (non-hydrogen) atoms. The molecule has 0 N–H and O–H groups in total. The van der Waals surface area contributed by atoms with Gasteiger partial charge in [-0.05, 0) is 31.2 Å². The molecule has 0 saturated carbocycles. The number of aryl methyl sites for hydroxylation is 1. The van der Waals surface area contributed by atoms with Crippen molar-refractivity contribution in [3.05, 3.63) is 69.7 Å². The first kappa shape index (κ1) is 16.9. The van der Waals surface area contributed by atoms with Crippen LogP contribution in [0.25, 0.3) is 10.6 Å². The summed E-state index contributed by atoms with van der Waals surface area (Å²) >= 11 is 7.46. The van der Waals surface area contributed by atoms with Crippen molar-refractivity contribution in [3.8, 4) is 16.3 Å². The molecule has 0 aliphatic rings. The van der Waals surface area contributed by atoms with E-state index < -0.39 is 11.6 Å². The molecule has 0 unspecified atom stereocenters. The highest BCUT2D eigenvalue weighted by Gasteiger charge is 2.12. The van der Waals surface area contributed by atoms with Gasteiger partial charge in [0.15, 0.2) is 17.4 Å². The van der Waals surface area contributed by atoms with E-state index >= 15 is 0 Å². The minimum Gasteiger partial charge on any atom is -0.487 e. The summed E-state index contributed by atoms with van der Waals surface area (Å²) in [7, 11) is 0. The van der Waals surface area contributed by atoms with Crippen LogP contribution in [0.2, 0.25) is 5.02 Å². The van der Waals surface area contributed by atoms with E-state index in [1.54, 1.807) is 11.3 Å². The van der Waals surface area contributed by atoms with Gasteiger partial charge >= 0.3 is 0 Å². The fraction of sp³-hybridized carbons (Fsp3) is 0.167. The molecular weight excluding hydrogens is 352 g/mol. The van der Waals surface area contributed by atoms with Crippen LogP contribution in [0.1, 0.15) is 10.6 Å². The summed E-state index contributed by atoms with van der Waals surface area (Å²) in [4.78, 5) is 5.65. The summed E-state index contributed by atoms with van der Waals surface area (Å²) < 4.78 is 32.3. The first-order valence-electron chi connectivity index (χ1n) is 7.33. The maximum atomic E-state index is 13.5. The lowest BCUT2D eigenvalue weighted by atomic mass is 10.2. The number of nitrogens with zero attached hydrogens (tertiary/aromatic N) is 1. The van der Waals surface area contributed by atoms with E-state index in [0.29, 0.717) is 11.4 Å². The smallest absolute Gasteiger partial charge is 0.190 e. The molecule has 6 heteroatoms. The van der Waals surface area contributed by atoms with Gasteiger partial charge in [0, 0.05) is 21.9 Å². The average molecular weight is 366 g/mol. The van der Waals surface area contributed by atoms with E-state index in [9.17, 15) is 8.78 Å². The second-order valence-corrected chi connectivity index (χ2v) is 6.82. The maximum absolute atomic E-state index is 13.5. The second kappa shape index (κ2) is 7.28.